The summed E-state index contributed by atoms with van der Waals surface area (Å²) in [7, 11) is -6.46. The molecule has 2 fully saturated rings. The van der Waals surface area contributed by atoms with Crippen molar-refractivity contribution < 1.29 is 36.3 Å². The number of pyridine rings is 4. The van der Waals surface area contributed by atoms with Gasteiger partial charge < -0.3 is 29.9 Å². The van der Waals surface area contributed by atoms with Gasteiger partial charge in [-0.1, -0.05) is 35.3 Å². The zero-order chi connectivity index (χ0) is 43.5. The molecule has 0 spiro atoms. The zero-order valence-corrected chi connectivity index (χ0v) is 37.0. The normalized spacial score (nSPS) is 14.4. The van der Waals surface area contributed by atoms with Gasteiger partial charge in [0.2, 0.25) is 0 Å². The Hall–Kier alpha value is -4.62. The Labute approximate surface area is 355 Å². The fourth-order valence-corrected chi connectivity index (χ4v) is 7.34. The van der Waals surface area contributed by atoms with Gasteiger partial charge in [-0.3, -0.25) is 14.8 Å². The lowest BCUT2D eigenvalue weighted by Gasteiger charge is -2.34. The summed E-state index contributed by atoms with van der Waals surface area (Å²) < 4.78 is 47.7. The van der Waals surface area contributed by atoms with Crippen LogP contribution in [0, 0.1) is 27.7 Å². The molecule has 0 aromatic carbocycles. The van der Waals surface area contributed by atoms with Crippen molar-refractivity contribution in [3.8, 4) is 22.5 Å². The van der Waals surface area contributed by atoms with Crippen LogP contribution in [0.3, 0.4) is 0 Å². The number of hydrogen-bond acceptors (Lipinski definition) is 14. The highest BCUT2D eigenvalue weighted by Crippen LogP contribution is 2.33. The van der Waals surface area contributed by atoms with Gasteiger partial charge in [-0.05, 0) is 62.1 Å². The van der Waals surface area contributed by atoms with Gasteiger partial charge in [-0.25, -0.2) is 31.6 Å². The second-order valence-electron chi connectivity index (χ2n) is 14.3. The first-order valence-electron chi connectivity index (χ1n) is 18.6. The molecule has 1 amide bonds. The first-order chi connectivity index (χ1) is 27.7. The van der Waals surface area contributed by atoms with Gasteiger partial charge in [0.1, 0.15) is 21.5 Å². The van der Waals surface area contributed by atoms with E-state index in [-0.39, 0.29) is 12.2 Å². The minimum atomic E-state index is -3.36. The number of carboxylic acid groups (broad SMARTS) is 1. The average Bonchev–Trinajstić information content (AvgIpc) is 3.17. The Bertz CT molecular complexity index is 2340. The summed E-state index contributed by atoms with van der Waals surface area (Å²) in [6.45, 7) is 13.9. The Morgan fingerprint density at radius 2 is 1.15 bits per heavy atom. The van der Waals surface area contributed by atoms with Crippen LogP contribution < -0.4 is 15.1 Å². The quantitative estimate of drug-likeness (QED) is 0.227. The first kappa shape index (κ1) is 47.1. The van der Waals surface area contributed by atoms with E-state index in [9.17, 15) is 26.4 Å². The van der Waals surface area contributed by atoms with Gasteiger partial charge in [0, 0.05) is 101 Å². The highest BCUT2D eigenvalue weighted by molar-refractivity contribution is 7.90. The van der Waals surface area contributed by atoms with E-state index in [0.717, 1.165) is 95.1 Å². The number of hydrogen-bond donors (Lipinski definition) is 2. The maximum absolute atomic E-state index is 12.0. The number of carbonyl (C=O) groups excluding carboxylic acids is 1. The maximum atomic E-state index is 12.0. The largest absolute Gasteiger partial charge is 0.481 e. The molecule has 320 valence electrons. The standard InChI is InChI=1S/C19H23ClN4O4S.C16H19ClN4.C4H8O4S/c1-13-8-14(2)18(22-10-13)15-9-17(21-11-16(15)20)23-4-6-24(7-5-23)19(25)28-12-29(3,26)27;1-11-7-12(2)16(20-9-11)13-8-15(19-10-14(13)17)21-5-3-18-4-6-21;1-9(7,8)3-2-4(5)6/h8-11H,4-7,12H2,1-3H3;7-10,18H,3-6H2,1-2H3;2-3H2,1H3,(H,5,6). The third kappa shape index (κ3) is 14.9. The Morgan fingerprint density at radius 1 is 0.695 bits per heavy atom. The average molecular weight is 894 g/mol. The van der Waals surface area contributed by atoms with Crippen molar-refractivity contribution in [3.63, 3.8) is 0 Å². The van der Waals surface area contributed by atoms with Crippen LogP contribution in [-0.4, -0.2) is 135 Å². The van der Waals surface area contributed by atoms with Crippen LogP contribution in [-0.2, 0) is 29.2 Å². The number of halogens is 2. The number of carboxylic acids is 1. The number of aryl methyl sites for hydroxylation is 4. The molecule has 0 atom stereocenters. The number of anilines is 2. The summed E-state index contributed by atoms with van der Waals surface area (Å²) in [6, 6.07) is 8.15. The fourth-order valence-electron chi connectivity index (χ4n) is 6.09. The minimum Gasteiger partial charge on any atom is -0.481 e. The summed E-state index contributed by atoms with van der Waals surface area (Å²) >= 11 is 12.7. The lowest BCUT2D eigenvalue weighted by Crippen LogP contribution is -2.49. The van der Waals surface area contributed by atoms with Crippen LogP contribution in [0.5, 0.6) is 0 Å². The summed E-state index contributed by atoms with van der Waals surface area (Å²) in [5.74, 6) is -0.257. The third-order valence-corrected chi connectivity index (χ3v) is 11.1. The van der Waals surface area contributed by atoms with Crippen molar-refractivity contribution in [2.75, 3.05) is 86.4 Å². The van der Waals surface area contributed by atoms with E-state index in [1.807, 2.05) is 37.9 Å². The fraction of sp³-hybridized carbons (Fsp3) is 0.436. The molecule has 20 heteroatoms. The second kappa shape index (κ2) is 21.1. The number of ether oxygens (including phenoxy) is 1. The lowest BCUT2D eigenvalue weighted by molar-refractivity contribution is -0.136. The van der Waals surface area contributed by atoms with Gasteiger partial charge in [-0.15, -0.1) is 0 Å². The van der Waals surface area contributed by atoms with Crippen LogP contribution in [0.15, 0.2) is 49.1 Å². The van der Waals surface area contributed by atoms with E-state index in [0.29, 0.717) is 36.2 Å². The Morgan fingerprint density at radius 3 is 1.54 bits per heavy atom. The SMILES string of the molecule is CS(=O)(=O)CCC(=O)O.Cc1cnc(-c2cc(N3CCN(C(=O)OCS(C)(=O)=O)CC3)ncc2Cl)c(C)c1.Cc1cnc(-c2cc(N3CCNCC3)ncc2Cl)c(C)c1. The molecular formula is C39H50Cl2N8O8S2. The molecule has 6 heterocycles. The molecule has 0 unspecified atom stereocenters. The maximum Gasteiger partial charge on any atom is 0.410 e. The minimum absolute atomic E-state index is 0.275. The third-order valence-electron chi connectivity index (χ3n) is 9.01. The highest BCUT2D eigenvalue weighted by Gasteiger charge is 2.25. The van der Waals surface area contributed by atoms with Gasteiger partial charge >= 0.3 is 12.1 Å². The molecule has 0 bridgehead atoms. The first-order valence-corrected chi connectivity index (χ1v) is 23.5. The zero-order valence-electron chi connectivity index (χ0n) is 33.9. The molecule has 59 heavy (non-hydrogen) atoms. The summed E-state index contributed by atoms with van der Waals surface area (Å²) in [5.41, 5.74) is 7.91. The Balaban J connectivity index is 0.000000223. The predicted octanol–water partition coefficient (Wildman–Crippen LogP) is 5.00. The molecule has 6 rings (SSSR count). The van der Waals surface area contributed by atoms with Gasteiger partial charge in [0.05, 0.1) is 33.6 Å². The molecule has 4 aromatic rings. The molecule has 2 N–H and O–H groups in total. The molecule has 0 saturated carbocycles. The summed E-state index contributed by atoms with van der Waals surface area (Å²) in [4.78, 5) is 45.6. The predicted molar refractivity (Wildman–Crippen MR) is 231 cm³/mol. The number of aliphatic carboxylic acids is 1. The van der Waals surface area contributed by atoms with Crippen molar-refractivity contribution >= 4 is 66.6 Å². The number of nitrogens with zero attached hydrogens (tertiary/aromatic N) is 7. The topological polar surface area (TPSA) is 205 Å². The molecular weight excluding hydrogens is 844 g/mol. The van der Waals surface area contributed by atoms with Crippen LogP contribution in [0.2, 0.25) is 10.0 Å². The van der Waals surface area contributed by atoms with Gasteiger partial charge in [-0.2, -0.15) is 0 Å². The number of sulfone groups is 2. The van der Waals surface area contributed by atoms with Gasteiger partial charge in [0.25, 0.3) is 0 Å². The molecule has 2 saturated heterocycles. The van der Waals surface area contributed by atoms with Crippen molar-refractivity contribution in [2.24, 2.45) is 0 Å². The smallest absolute Gasteiger partial charge is 0.410 e. The van der Waals surface area contributed by atoms with Crippen molar-refractivity contribution in [2.45, 2.75) is 34.1 Å². The molecule has 0 radical (unpaired) electrons. The highest BCUT2D eigenvalue weighted by atomic mass is 35.5. The van der Waals surface area contributed by atoms with E-state index in [1.54, 1.807) is 18.6 Å². The van der Waals surface area contributed by atoms with Crippen LogP contribution in [0.4, 0.5) is 16.4 Å². The molecule has 2 aliphatic rings. The van der Waals surface area contributed by atoms with Crippen molar-refractivity contribution in [1.82, 2.24) is 30.2 Å². The van der Waals surface area contributed by atoms with E-state index < -0.39 is 37.7 Å². The number of aromatic nitrogens is 4. The summed E-state index contributed by atoms with van der Waals surface area (Å²) in [5, 5.41) is 12.5. The van der Waals surface area contributed by atoms with E-state index in [4.69, 9.17) is 33.0 Å². The van der Waals surface area contributed by atoms with Gasteiger partial charge in [0.15, 0.2) is 15.8 Å². The number of amides is 1. The van der Waals surface area contributed by atoms with Crippen LogP contribution >= 0.6 is 23.2 Å². The molecule has 16 nitrogen and oxygen atoms in total. The molecule has 2 aliphatic heterocycles. The Kier molecular flexibility index (Phi) is 16.8. The number of carbonyl (C=O) groups is 2. The lowest BCUT2D eigenvalue weighted by atomic mass is 10.1. The van der Waals surface area contributed by atoms with Crippen molar-refractivity contribution in [3.05, 3.63) is 81.4 Å². The number of piperazine rings is 2. The monoisotopic (exact) mass is 892 g/mol. The van der Waals surface area contributed by atoms with E-state index >= 15 is 0 Å². The van der Waals surface area contributed by atoms with E-state index in [1.165, 1.54) is 4.90 Å². The van der Waals surface area contributed by atoms with E-state index in [2.05, 4.69) is 55.3 Å². The van der Waals surface area contributed by atoms with Crippen molar-refractivity contribution in [1.29, 1.82) is 0 Å². The van der Waals surface area contributed by atoms with Crippen LogP contribution in [0.1, 0.15) is 28.7 Å². The summed E-state index contributed by atoms with van der Waals surface area (Å²) in [6.07, 6.45) is 8.12. The second-order valence-corrected chi connectivity index (χ2v) is 19.5. The molecule has 0 aliphatic carbocycles. The molecule has 4 aromatic heterocycles. The van der Waals surface area contributed by atoms with Crippen LogP contribution in [0.25, 0.3) is 22.5 Å². The number of nitrogens with one attached hydrogen (secondary N) is 1. The number of rotatable bonds is 9.